The number of carbonyl (C=O) groups excluding carboxylic acids is 2. The molecule has 10 heteroatoms. The zero-order valence-electron chi connectivity index (χ0n) is 9.78. The van der Waals surface area contributed by atoms with Crippen molar-refractivity contribution in [1.82, 2.24) is 4.90 Å². The van der Waals surface area contributed by atoms with Crippen LogP contribution in [0.3, 0.4) is 0 Å². The molecule has 0 aromatic rings. The van der Waals surface area contributed by atoms with Crippen molar-refractivity contribution < 1.29 is 31.9 Å². The highest BCUT2D eigenvalue weighted by atomic mass is 19.4. The molecular weight excluding hydrogens is 286 g/mol. The third-order valence-corrected chi connectivity index (χ3v) is 1.73. The Morgan fingerprint density at radius 2 is 1.70 bits per heavy atom. The third kappa shape index (κ3) is 5.82. The van der Waals surface area contributed by atoms with Crippen LogP contribution in [0.25, 0.3) is 0 Å². The zero-order valence-corrected chi connectivity index (χ0v) is 9.78. The molecule has 20 heavy (non-hydrogen) atoms. The quantitative estimate of drug-likeness (QED) is 0.331. The van der Waals surface area contributed by atoms with Crippen LogP contribution < -0.4 is 0 Å². The van der Waals surface area contributed by atoms with Crippen LogP contribution in [0.15, 0.2) is 11.9 Å². The number of nitrogens with zero attached hydrogens (tertiary/aromatic N) is 3. The van der Waals surface area contributed by atoms with Crippen molar-refractivity contribution in [1.29, 1.82) is 10.5 Å². The Bertz CT molecular complexity index is 471. The van der Waals surface area contributed by atoms with Gasteiger partial charge < -0.3 is 9.64 Å². The van der Waals surface area contributed by atoms with E-state index in [-0.39, 0.29) is 6.08 Å². The Hall–Kier alpha value is -2.62. The van der Waals surface area contributed by atoms with Crippen LogP contribution >= 0.6 is 0 Å². The first-order valence-electron chi connectivity index (χ1n) is 4.86. The van der Waals surface area contributed by atoms with Gasteiger partial charge in [-0.3, -0.25) is 4.79 Å². The summed E-state index contributed by atoms with van der Waals surface area (Å²) in [6.07, 6.45) is -5.27. The van der Waals surface area contributed by atoms with Crippen molar-refractivity contribution in [3.63, 3.8) is 0 Å². The van der Waals surface area contributed by atoms with E-state index in [1.165, 1.54) is 12.1 Å². The molecule has 108 valence electrons. The summed E-state index contributed by atoms with van der Waals surface area (Å²) in [7, 11) is 0. The fourth-order valence-electron chi connectivity index (χ4n) is 0.867. The van der Waals surface area contributed by atoms with Crippen LogP contribution in [0.5, 0.6) is 0 Å². The van der Waals surface area contributed by atoms with E-state index >= 15 is 0 Å². The summed E-state index contributed by atoms with van der Waals surface area (Å²) in [6, 6.07) is 3.02. The second-order valence-corrected chi connectivity index (χ2v) is 3.13. The van der Waals surface area contributed by atoms with Gasteiger partial charge in [-0.2, -0.15) is 23.7 Å². The van der Waals surface area contributed by atoms with Crippen molar-refractivity contribution in [3.8, 4) is 12.1 Å². The molecule has 0 aromatic carbocycles. The summed E-state index contributed by atoms with van der Waals surface area (Å²) in [5.74, 6) is -5.45. The van der Waals surface area contributed by atoms with Gasteiger partial charge in [0.05, 0.1) is 12.1 Å². The lowest BCUT2D eigenvalue weighted by Gasteiger charge is -2.13. The molecule has 6 nitrogen and oxygen atoms in total. The predicted molar refractivity (Wildman–Crippen MR) is 54.0 cm³/mol. The average Bonchev–Trinajstić information content (AvgIpc) is 2.36. The third-order valence-electron chi connectivity index (χ3n) is 1.73. The van der Waals surface area contributed by atoms with Crippen molar-refractivity contribution in [2.24, 2.45) is 0 Å². The molecule has 0 rings (SSSR count). The number of nitriles is 2. The molecular formula is C10H7F4N3O3. The maximum atomic E-state index is 12.3. The maximum Gasteiger partial charge on any atom is 0.442 e. The number of alkyl halides is 3. The summed E-state index contributed by atoms with van der Waals surface area (Å²) in [5, 5.41) is 16.7. The molecule has 0 spiro atoms. The van der Waals surface area contributed by atoms with Gasteiger partial charge in [0.15, 0.2) is 0 Å². The SMILES string of the molecule is N#CCN(CC#N)C(=O)C(=O)OC/C=C(\F)C(F)(F)F. The average molecular weight is 293 g/mol. The number of esters is 1. The highest BCUT2D eigenvalue weighted by molar-refractivity contribution is 6.32. The molecule has 0 unspecified atom stereocenters. The molecule has 0 radical (unpaired) electrons. The molecule has 0 heterocycles. The highest BCUT2D eigenvalue weighted by Crippen LogP contribution is 2.25. The van der Waals surface area contributed by atoms with E-state index in [4.69, 9.17) is 10.5 Å². The van der Waals surface area contributed by atoms with Gasteiger partial charge in [-0.1, -0.05) is 0 Å². The number of carbonyl (C=O) groups is 2. The standard InChI is InChI=1S/C10H7F4N3O3/c11-7(10(12,13)14)1-6-20-9(19)8(18)17(4-2-15)5-3-16/h1H,4-6H2/b7-1-. The van der Waals surface area contributed by atoms with E-state index in [2.05, 4.69) is 4.74 Å². The maximum absolute atomic E-state index is 12.3. The van der Waals surface area contributed by atoms with Gasteiger partial charge in [-0.25, -0.2) is 9.18 Å². The minimum absolute atomic E-state index is 0.0654. The first-order valence-corrected chi connectivity index (χ1v) is 4.86. The summed E-state index contributed by atoms with van der Waals surface area (Å²) >= 11 is 0. The Balaban J connectivity index is 4.52. The van der Waals surface area contributed by atoms with Gasteiger partial charge in [-0.15, -0.1) is 0 Å². The van der Waals surface area contributed by atoms with Crippen LogP contribution in [0, 0.1) is 22.7 Å². The lowest BCUT2D eigenvalue weighted by molar-refractivity contribution is -0.158. The zero-order chi connectivity index (χ0) is 15.8. The molecule has 0 saturated heterocycles. The van der Waals surface area contributed by atoms with Gasteiger partial charge in [0, 0.05) is 0 Å². The summed E-state index contributed by atoms with van der Waals surface area (Å²) in [5.41, 5.74) is 0. The van der Waals surface area contributed by atoms with Crippen molar-refractivity contribution >= 4 is 11.9 Å². The van der Waals surface area contributed by atoms with Crippen LogP contribution in [0.1, 0.15) is 0 Å². The molecule has 0 aromatic heterocycles. The molecule has 0 fully saturated rings. The van der Waals surface area contributed by atoms with Gasteiger partial charge in [0.25, 0.3) is 0 Å². The number of hydrogen-bond acceptors (Lipinski definition) is 5. The van der Waals surface area contributed by atoms with E-state index in [0.29, 0.717) is 4.90 Å². The van der Waals surface area contributed by atoms with E-state index < -0.39 is 43.6 Å². The molecule has 0 aliphatic heterocycles. The number of amides is 1. The lowest BCUT2D eigenvalue weighted by atomic mass is 10.4. The fraction of sp³-hybridized carbons (Fsp3) is 0.400. The Labute approximate surface area is 110 Å². The minimum atomic E-state index is -5.20. The van der Waals surface area contributed by atoms with Crippen molar-refractivity contribution in [2.45, 2.75) is 6.18 Å². The van der Waals surface area contributed by atoms with Gasteiger partial charge >= 0.3 is 18.1 Å². The summed E-state index contributed by atoms with van der Waals surface area (Å²) in [6.45, 7) is -2.26. The van der Waals surface area contributed by atoms with Gasteiger partial charge in [-0.05, 0) is 6.08 Å². The Morgan fingerprint density at radius 1 is 1.20 bits per heavy atom. The highest BCUT2D eigenvalue weighted by Gasteiger charge is 2.34. The van der Waals surface area contributed by atoms with Crippen LogP contribution in [-0.4, -0.2) is 42.6 Å². The van der Waals surface area contributed by atoms with Gasteiger partial charge in [0.2, 0.25) is 5.83 Å². The molecule has 0 aliphatic rings. The fourth-order valence-corrected chi connectivity index (χ4v) is 0.867. The van der Waals surface area contributed by atoms with Crippen LogP contribution in [-0.2, 0) is 14.3 Å². The van der Waals surface area contributed by atoms with E-state index in [1.807, 2.05) is 0 Å². The lowest BCUT2D eigenvalue weighted by Crippen LogP contribution is -2.38. The topological polar surface area (TPSA) is 94.2 Å². The van der Waals surface area contributed by atoms with Crippen molar-refractivity contribution in [3.05, 3.63) is 11.9 Å². The number of halogens is 4. The van der Waals surface area contributed by atoms with Crippen LogP contribution in [0.2, 0.25) is 0 Å². The molecule has 0 atom stereocenters. The molecule has 0 N–H and O–H groups in total. The van der Waals surface area contributed by atoms with Gasteiger partial charge in [0.1, 0.15) is 19.7 Å². The number of hydrogen-bond donors (Lipinski definition) is 0. The predicted octanol–water partition coefficient (Wildman–Crippen LogP) is 0.821. The second kappa shape index (κ2) is 7.74. The van der Waals surface area contributed by atoms with E-state index in [0.717, 1.165) is 0 Å². The Kier molecular flexibility index (Phi) is 6.72. The number of rotatable bonds is 4. The van der Waals surface area contributed by atoms with E-state index in [9.17, 15) is 27.2 Å². The molecule has 1 amide bonds. The first-order chi connectivity index (χ1) is 9.23. The number of allylic oxidation sites excluding steroid dienone is 1. The summed E-state index contributed by atoms with van der Waals surface area (Å²) in [4.78, 5) is 22.9. The van der Waals surface area contributed by atoms with Crippen molar-refractivity contribution in [2.75, 3.05) is 19.7 Å². The van der Waals surface area contributed by atoms with E-state index in [1.54, 1.807) is 0 Å². The summed E-state index contributed by atoms with van der Waals surface area (Å²) < 4.78 is 51.6. The monoisotopic (exact) mass is 293 g/mol. The first kappa shape index (κ1) is 17.4. The molecule has 0 saturated carbocycles. The molecule has 0 bridgehead atoms. The second-order valence-electron chi connectivity index (χ2n) is 3.13. The number of ether oxygens (including phenoxy) is 1. The largest absolute Gasteiger partial charge is 0.454 e. The smallest absolute Gasteiger partial charge is 0.442 e. The van der Waals surface area contributed by atoms with Crippen LogP contribution in [0.4, 0.5) is 17.6 Å². The minimum Gasteiger partial charge on any atom is -0.454 e. The molecule has 0 aliphatic carbocycles. The Morgan fingerprint density at radius 3 is 2.10 bits per heavy atom. The normalized spacial score (nSPS) is 11.2.